The second-order valence-electron chi connectivity index (χ2n) is 4.72. The number of rotatable bonds is 6. The summed E-state index contributed by atoms with van der Waals surface area (Å²) in [5, 5.41) is 3.28. The predicted octanol–water partition coefficient (Wildman–Crippen LogP) is 6.15. The summed E-state index contributed by atoms with van der Waals surface area (Å²) < 4.78 is 36.9. The van der Waals surface area contributed by atoms with Crippen molar-refractivity contribution >= 4 is 35.0 Å². The molecule has 24 heavy (non-hydrogen) atoms. The van der Waals surface area contributed by atoms with Crippen molar-refractivity contribution in [3.05, 3.63) is 71.0 Å². The number of carbonyl (C=O) groups is 1. The van der Waals surface area contributed by atoms with Gasteiger partial charge in [0.2, 0.25) is 0 Å². The van der Waals surface area contributed by atoms with Gasteiger partial charge in [0.25, 0.3) is 5.91 Å². The van der Waals surface area contributed by atoms with E-state index < -0.39 is 11.9 Å². The quantitative estimate of drug-likeness (QED) is 0.617. The van der Waals surface area contributed by atoms with E-state index in [1.54, 1.807) is 48.5 Å². The van der Waals surface area contributed by atoms with Crippen molar-refractivity contribution in [3.8, 4) is 0 Å². The van der Waals surface area contributed by atoms with Gasteiger partial charge in [-0.3, -0.25) is 4.79 Å². The number of thioether (sulfide) groups is 1. The highest BCUT2D eigenvalue weighted by Gasteiger charge is 2.12. The minimum absolute atomic E-state index is 0.106. The first kappa shape index (κ1) is 18.4. The Hall–Kier alpha value is -1.92. The molecule has 2 aromatic carbocycles. The Balaban J connectivity index is 2.06. The number of anilines is 1. The Kier molecular flexibility index (Phi) is 6.75. The Bertz CT molecular complexity index is 746. The van der Waals surface area contributed by atoms with Gasteiger partial charge >= 0.3 is 6.08 Å². The topological polar surface area (TPSA) is 29.1 Å². The van der Waals surface area contributed by atoms with Crippen LogP contribution < -0.4 is 5.32 Å². The molecule has 0 aliphatic heterocycles. The molecule has 0 unspecified atom stereocenters. The van der Waals surface area contributed by atoms with Crippen LogP contribution in [0.4, 0.5) is 18.9 Å². The number of halogens is 4. The molecule has 0 heterocycles. The highest BCUT2D eigenvalue weighted by Crippen LogP contribution is 2.26. The molecular weight excluding hydrogens is 359 g/mol. The van der Waals surface area contributed by atoms with Gasteiger partial charge in [0.05, 0.1) is 5.56 Å². The third-order valence-corrected chi connectivity index (χ3v) is 4.35. The van der Waals surface area contributed by atoms with Crippen LogP contribution in [0.3, 0.4) is 0 Å². The van der Waals surface area contributed by atoms with Gasteiger partial charge in [-0.05, 0) is 36.4 Å². The second kappa shape index (κ2) is 8.80. The maximum atomic E-state index is 12.8. The number of hydrogen-bond donors (Lipinski definition) is 1. The standard InChI is InChI=1S/C17H13ClF3NOS/c18-11-5-7-12(8-6-11)22-17(23)13-3-1-2-4-15(13)24-10-9-14(19)16(20)21/h1-8H,9-10H2,(H,22,23). The Morgan fingerprint density at radius 2 is 1.71 bits per heavy atom. The maximum absolute atomic E-state index is 12.8. The number of carbonyl (C=O) groups excluding carboxylic acids is 1. The van der Waals surface area contributed by atoms with Crippen molar-refractivity contribution in [2.75, 3.05) is 11.1 Å². The zero-order valence-electron chi connectivity index (χ0n) is 12.4. The average molecular weight is 372 g/mol. The van der Waals surface area contributed by atoms with Crippen LogP contribution in [0.25, 0.3) is 0 Å². The van der Waals surface area contributed by atoms with Gasteiger partial charge in [-0.15, -0.1) is 11.8 Å². The molecule has 2 aromatic rings. The monoisotopic (exact) mass is 371 g/mol. The summed E-state index contributed by atoms with van der Waals surface area (Å²) in [7, 11) is 0. The Labute approximate surface area is 146 Å². The van der Waals surface area contributed by atoms with E-state index in [1.165, 1.54) is 0 Å². The van der Waals surface area contributed by atoms with Crippen LogP contribution in [0.15, 0.2) is 65.3 Å². The molecule has 0 saturated heterocycles. The smallest absolute Gasteiger partial charge is 0.301 e. The Morgan fingerprint density at radius 3 is 2.38 bits per heavy atom. The summed E-state index contributed by atoms with van der Waals surface area (Å²) in [5.41, 5.74) is 0.972. The highest BCUT2D eigenvalue weighted by molar-refractivity contribution is 7.99. The van der Waals surface area contributed by atoms with Crippen LogP contribution in [0.2, 0.25) is 5.02 Å². The van der Waals surface area contributed by atoms with Crippen LogP contribution in [-0.2, 0) is 0 Å². The molecule has 0 aromatic heterocycles. The molecule has 0 bridgehead atoms. The van der Waals surface area contributed by atoms with Gasteiger partial charge in [0.1, 0.15) is 0 Å². The average Bonchev–Trinajstić information content (AvgIpc) is 2.57. The van der Waals surface area contributed by atoms with E-state index in [9.17, 15) is 18.0 Å². The van der Waals surface area contributed by atoms with Crippen molar-refractivity contribution in [2.45, 2.75) is 11.3 Å². The molecule has 1 amide bonds. The third kappa shape index (κ3) is 5.32. The van der Waals surface area contributed by atoms with Crippen molar-refractivity contribution in [3.63, 3.8) is 0 Å². The molecule has 0 aliphatic rings. The zero-order chi connectivity index (χ0) is 17.5. The van der Waals surface area contributed by atoms with E-state index in [0.29, 0.717) is 21.2 Å². The fraction of sp³-hybridized carbons (Fsp3) is 0.118. The van der Waals surface area contributed by atoms with Crippen LogP contribution >= 0.6 is 23.4 Å². The van der Waals surface area contributed by atoms with Crippen LogP contribution in [0.1, 0.15) is 16.8 Å². The molecule has 1 N–H and O–H groups in total. The molecule has 2 rings (SSSR count). The molecular formula is C17H13ClF3NOS. The summed E-state index contributed by atoms with van der Waals surface area (Å²) >= 11 is 6.94. The number of amides is 1. The van der Waals surface area contributed by atoms with E-state index in [0.717, 1.165) is 11.8 Å². The number of allylic oxidation sites excluding steroid dienone is 1. The number of benzene rings is 2. The lowest BCUT2D eigenvalue weighted by atomic mass is 10.2. The molecule has 0 aliphatic carbocycles. The normalized spacial score (nSPS) is 10.3. The number of nitrogens with one attached hydrogen (secondary N) is 1. The first-order valence-electron chi connectivity index (χ1n) is 6.96. The van der Waals surface area contributed by atoms with Gasteiger partial charge in [-0.25, -0.2) is 4.39 Å². The van der Waals surface area contributed by atoms with Crippen molar-refractivity contribution in [1.82, 2.24) is 0 Å². The van der Waals surface area contributed by atoms with Crippen LogP contribution in [-0.4, -0.2) is 11.7 Å². The lowest BCUT2D eigenvalue weighted by Crippen LogP contribution is -2.12. The summed E-state index contributed by atoms with van der Waals surface area (Å²) in [5.74, 6) is -1.66. The summed E-state index contributed by atoms with van der Waals surface area (Å²) in [4.78, 5) is 13.0. The minimum atomic E-state index is -2.30. The van der Waals surface area contributed by atoms with E-state index in [2.05, 4.69) is 5.32 Å². The third-order valence-electron chi connectivity index (χ3n) is 3.02. The zero-order valence-corrected chi connectivity index (χ0v) is 13.9. The molecule has 126 valence electrons. The number of hydrogen-bond acceptors (Lipinski definition) is 2. The fourth-order valence-electron chi connectivity index (χ4n) is 1.86. The molecule has 0 atom stereocenters. The van der Waals surface area contributed by atoms with Gasteiger partial charge in [-0.2, -0.15) is 8.78 Å². The van der Waals surface area contributed by atoms with Crippen LogP contribution in [0.5, 0.6) is 0 Å². The summed E-state index contributed by atoms with van der Waals surface area (Å²) in [6.45, 7) is 0. The van der Waals surface area contributed by atoms with Gasteiger partial charge in [0, 0.05) is 27.8 Å². The molecule has 2 nitrogen and oxygen atoms in total. The summed E-state index contributed by atoms with van der Waals surface area (Å²) in [6, 6.07) is 13.4. The summed E-state index contributed by atoms with van der Waals surface area (Å²) in [6.07, 6.45) is -2.69. The lowest BCUT2D eigenvalue weighted by Gasteiger charge is -2.10. The minimum Gasteiger partial charge on any atom is -0.322 e. The molecule has 0 fully saturated rings. The van der Waals surface area contributed by atoms with Gasteiger partial charge < -0.3 is 5.32 Å². The first-order valence-corrected chi connectivity index (χ1v) is 8.32. The van der Waals surface area contributed by atoms with Crippen molar-refractivity contribution in [1.29, 1.82) is 0 Å². The highest BCUT2D eigenvalue weighted by atomic mass is 35.5. The molecule has 0 saturated carbocycles. The first-order chi connectivity index (χ1) is 11.5. The van der Waals surface area contributed by atoms with Crippen LogP contribution in [0, 0.1) is 0 Å². The second-order valence-corrected chi connectivity index (χ2v) is 6.29. The van der Waals surface area contributed by atoms with Gasteiger partial charge in [-0.1, -0.05) is 23.7 Å². The van der Waals surface area contributed by atoms with Gasteiger partial charge in [0.15, 0.2) is 5.83 Å². The largest absolute Gasteiger partial charge is 0.322 e. The van der Waals surface area contributed by atoms with Crippen molar-refractivity contribution < 1.29 is 18.0 Å². The molecule has 0 spiro atoms. The van der Waals surface area contributed by atoms with E-state index in [-0.39, 0.29) is 18.1 Å². The molecule has 7 heteroatoms. The van der Waals surface area contributed by atoms with E-state index in [1.807, 2.05) is 0 Å². The fourth-order valence-corrected chi connectivity index (χ4v) is 2.98. The Morgan fingerprint density at radius 1 is 1.04 bits per heavy atom. The van der Waals surface area contributed by atoms with E-state index >= 15 is 0 Å². The predicted molar refractivity (Wildman–Crippen MR) is 91.5 cm³/mol. The lowest BCUT2D eigenvalue weighted by molar-refractivity contribution is 0.102. The SMILES string of the molecule is O=C(Nc1ccc(Cl)cc1)c1ccccc1SCCC(F)=C(F)F. The van der Waals surface area contributed by atoms with E-state index in [4.69, 9.17) is 11.6 Å². The van der Waals surface area contributed by atoms with Crippen molar-refractivity contribution in [2.24, 2.45) is 0 Å². The maximum Gasteiger partial charge on any atom is 0.301 e. The molecule has 0 radical (unpaired) electrons.